The maximum Gasteiger partial charge on any atom is 0.410 e. The smallest absolute Gasteiger partial charge is 0.410 e. The van der Waals surface area contributed by atoms with E-state index in [1.165, 1.54) is 19.3 Å². The maximum atomic E-state index is 13.5. The first-order chi connectivity index (χ1) is 12.2. The van der Waals surface area contributed by atoms with Gasteiger partial charge in [0, 0.05) is 26.2 Å². The Hall–Kier alpha value is -1.26. The summed E-state index contributed by atoms with van der Waals surface area (Å²) in [6, 6.07) is 0. The molecule has 4 saturated carbocycles. The van der Waals surface area contributed by atoms with Crippen molar-refractivity contribution in [2.75, 3.05) is 26.2 Å². The molecule has 4 bridgehead atoms. The summed E-state index contributed by atoms with van der Waals surface area (Å²) in [4.78, 5) is 29.7. The van der Waals surface area contributed by atoms with Crippen LogP contribution in [0.1, 0.15) is 65.7 Å². The van der Waals surface area contributed by atoms with Crippen LogP contribution in [0.25, 0.3) is 0 Å². The normalized spacial score (nSPS) is 36.8. The van der Waals surface area contributed by atoms with Crippen LogP contribution < -0.4 is 0 Å². The van der Waals surface area contributed by atoms with Crippen LogP contribution in [0.15, 0.2) is 0 Å². The Labute approximate surface area is 157 Å². The highest BCUT2D eigenvalue weighted by Gasteiger charge is 2.55. The minimum atomic E-state index is -0.474. The van der Waals surface area contributed by atoms with Gasteiger partial charge in [-0.1, -0.05) is 0 Å². The van der Waals surface area contributed by atoms with Crippen molar-refractivity contribution in [2.24, 2.45) is 23.2 Å². The van der Waals surface area contributed by atoms with E-state index in [4.69, 9.17) is 4.74 Å². The highest BCUT2D eigenvalue weighted by atomic mass is 16.6. The Balaban J connectivity index is 1.40. The molecule has 0 N–H and O–H groups in total. The second-order valence-electron chi connectivity index (χ2n) is 10.3. The molecule has 5 fully saturated rings. The van der Waals surface area contributed by atoms with E-state index in [0.29, 0.717) is 25.5 Å². The van der Waals surface area contributed by atoms with Gasteiger partial charge in [0.2, 0.25) is 5.91 Å². The summed E-state index contributed by atoms with van der Waals surface area (Å²) in [5.74, 6) is 2.75. The van der Waals surface area contributed by atoms with Crippen molar-refractivity contribution in [2.45, 2.75) is 71.3 Å². The summed E-state index contributed by atoms with van der Waals surface area (Å²) in [6.45, 7) is 8.38. The fourth-order valence-electron chi connectivity index (χ4n) is 6.34. The summed E-state index contributed by atoms with van der Waals surface area (Å²) >= 11 is 0. The molecule has 0 aromatic carbocycles. The number of carbonyl (C=O) groups is 2. The van der Waals surface area contributed by atoms with Gasteiger partial charge in [-0.05, 0) is 83.5 Å². The molecule has 0 atom stereocenters. The van der Waals surface area contributed by atoms with Crippen LogP contribution in [0.3, 0.4) is 0 Å². The van der Waals surface area contributed by atoms with E-state index in [2.05, 4.69) is 4.90 Å². The van der Waals surface area contributed by atoms with Crippen molar-refractivity contribution in [1.29, 1.82) is 0 Å². The zero-order valence-corrected chi connectivity index (χ0v) is 16.6. The van der Waals surface area contributed by atoms with E-state index in [0.717, 1.165) is 50.0 Å². The first-order valence-corrected chi connectivity index (χ1v) is 10.5. The minimum Gasteiger partial charge on any atom is -0.444 e. The first-order valence-electron chi connectivity index (χ1n) is 10.5. The Morgan fingerprint density at radius 2 is 1.35 bits per heavy atom. The van der Waals surface area contributed by atoms with Gasteiger partial charge in [0.05, 0.1) is 5.41 Å². The number of hydrogen-bond acceptors (Lipinski definition) is 3. The predicted octanol–water partition coefficient (Wildman–Crippen LogP) is 3.67. The van der Waals surface area contributed by atoms with Gasteiger partial charge >= 0.3 is 6.09 Å². The number of rotatable bonds is 1. The van der Waals surface area contributed by atoms with E-state index in [-0.39, 0.29) is 11.5 Å². The van der Waals surface area contributed by atoms with E-state index >= 15 is 0 Å². The summed E-state index contributed by atoms with van der Waals surface area (Å²) in [5.41, 5.74) is -0.548. The topological polar surface area (TPSA) is 49.9 Å². The van der Waals surface area contributed by atoms with Crippen molar-refractivity contribution in [3.63, 3.8) is 0 Å². The summed E-state index contributed by atoms with van der Waals surface area (Å²) in [7, 11) is 0. The minimum absolute atomic E-state index is 0.0736. The lowest BCUT2D eigenvalue weighted by molar-refractivity contribution is -0.157. The predicted molar refractivity (Wildman–Crippen MR) is 99.6 cm³/mol. The third-order valence-corrected chi connectivity index (χ3v) is 6.93. The monoisotopic (exact) mass is 362 g/mol. The van der Waals surface area contributed by atoms with E-state index < -0.39 is 5.60 Å². The van der Waals surface area contributed by atoms with Crippen LogP contribution in [0.2, 0.25) is 0 Å². The van der Waals surface area contributed by atoms with Crippen LogP contribution in [-0.2, 0) is 9.53 Å². The molecule has 1 heterocycles. The third kappa shape index (κ3) is 3.46. The largest absolute Gasteiger partial charge is 0.444 e. The highest BCUT2D eigenvalue weighted by Crippen LogP contribution is 2.60. The molecule has 0 aromatic rings. The average Bonchev–Trinajstić information content (AvgIpc) is 2.77. The molecule has 5 rings (SSSR count). The van der Waals surface area contributed by atoms with Crippen molar-refractivity contribution in [3.05, 3.63) is 0 Å². The standard InChI is InChI=1S/C21H34N2O3/c1-20(2,3)26-19(25)23-6-4-5-22(7-8-23)18(24)21-12-15-9-16(13-21)11-17(10-15)14-21/h15-17H,4-14H2,1-3H3. The van der Waals surface area contributed by atoms with E-state index in [1.807, 2.05) is 20.8 Å². The fraction of sp³-hybridized carbons (Fsp3) is 0.905. The van der Waals surface area contributed by atoms with Crippen molar-refractivity contribution < 1.29 is 14.3 Å². The average molecular weight is 363 g/mol. The van der Waals surface area contributed by atoms with Gasteiger partial charge in [0.25, 0.3) is 0 Å². The van der Waals surface area contributed by atoms with E-state index in [1.54, 1.807) is 4.90 Å². The lowest BCUT2D eigenvalue weighted by atomic mass is 9.49. The van der Waals surface area contributed by atoms with Crippen LogP contribution in [0.4, 0.5) is 4.79 Å². The Morgan fingerprint density at radius 1 is 0.846 bits per heavy atom. The van der Waals surface area contributed by atoms with E-state index in [9.17, 15) is 9.59 Å². The second kappa shape index (κ2) is 6.42. The number of amides is 2. The van der Waals surface area contributed by atoms with Gasteiger partial charge in [0.15, 0.2) is 0 Å². The molecule has 5 heteroatoms. The quantitative estimate of drug-likeness (QED) is 0.715. The Morgan fingerprint density at radius 3 is 1.88 bits per heavy atom. The number of ether oxygens (including phenoxy) is 1. The molecule has 5 nitrogen and oxygen atoms in total. The van der Waals surface area contributed by atoms with Gasteiger partial charge in [-0.3, -0.25) is 4.79 Å². The molecule has 2 amide bonds. The fourth-order valence-corrected chi connectivity index (χ4v) is 6.34. The molecule has 0 spiro atoms. The molecule has 1 saturated heterocycles. The van der Waals surface area contributed by atoms with Crippen molar-refractivity contribution in [3.8, 4) is 0 Å². The lowest BCUT2D eigenvalue weighted by Crippen LogP contribution is -2.55. The molecular formula is C21H34N2O3. The SMILES string of the molecule is CC(C)(C)OC(=O)N1CCCN(C(=O)C23CC4CC(CC(C4)C2)C3)CC1. The van der Waals surface area contributed by atoms with Gasteiger partial charge in [-0.2, -0.15) is 0 Å². The molecule has 0 unspecified atom stereocenters. The zero-order chi connectivity index (χ0) is 18.5. The van der Waals surface area contributed by atoms with Gasteiger partial charge in [-0.15, -0.1) is 0 Å². The summed E-state index contributed by atoms with van der Waals surface area (Å²) in [5, 5.41) is 0. The molecule has 4 aliphatic carbocycles. The van der Waals surface area contributed by atoms with Crippen LogP contribution in [0, 0.1) is 23.2 Å². The van der Waals surface area contributed by atoms with Gasteiger partial charge in [0.1, 0.15) is 5.60 Å². The molecule has 26 heavy (non-hydrogen) atoms. The van der Waals surface area contributed by atoms with Crippen molar-refractivity contribution in [1.82, 2.24) is 9.80 Å². The summed E-state index contributed by atoms with van der Waals surface area (Å²) < 4.78 is 5.51. The molecule has 146 valence electrons. The zero-order valence-electron chi connectivity index (χ0n) is 16.6. The lowest BCUT2D eigenvalue weighted by Gasteiger charge is -2.56. The van der Waals surface area contributed by atoms with Crippen LogP contribution in [0.5, 0.6) is 0 Å². The Bertz CT molecular complexity index is 545. The molecular weight excluding hydrogens is 328 g/mol. The van der Waals surface area contributed by atoms with Gasteiger partial charge in [-0.25, -0.2) is 4.79 Å². The van der Waals surface area contributed by atoms with Crippen LogP contribution in [-0.4, -0.2) is 53.6 Å². The number of hydrogen-bond donors (Lipinski definition) is 0. The molecule has 0 aromatic heterocycles. The second-order valence-corrected chi connectivity index (χ2v) is 10.3. The van der Waals surface area contributed by atoms with Crippen molar-refractivity contribution >= 4 is 12.0 Å². The summed E-state index contributed by atoms with van der Waals surface area (Å²) in [6.07, 6.45) is 8.02. The molecule has 5 aliphatic rings. The Kier molecular flexibility index (Phi) is 4.47. The van der Waals surface area contributed by atoms with Crippen LogP contribution >= 0.6 is 0 Å². The number of carbonyl (C=O) groups excluding carboxylic acids is 2. The molecule has 1 aliphatic heterocycles. The third-order valence-electron chi connectivity index (χ3n) is 6.93. The first kappa shape index (κ1) is 18.1. The maximum absolute atomic E-state index is 13.5. The molecule has 0 radical (unpaired) electrons. The highest BCUT2D eigenvalue weighted by molar-refractivity contribution is 5.83. The van der Waals surface area contributed by atoms with Gasteiger partial charge < -0.3 is 14.5 Å². The number of nitrogens with zero attached hydrogens (tertiary/aromatic N) is 2.